The molecule has 0 spiro atoms. The molecule has 3 rings (SSSR count). The normalized spacial score (nSPS) is 11.9. The van der Waals surface area contributed by atoms with Gasteiger partial charge in [0.05, 0.1) is 24.3 Å². The zero-order chi connectivity index (χ0) is 16.2. The third kappa shape index (κ3) is 3.58. The van der Waals surface area contributed by atoms with Crippen LogP contribution in [0.3, 0.4) is 0 Å². The van der Waals surface area contributed by atoms with Gasteiger partial charge in [-0.15, -0.1) is 0 Å². The van der Waals surface area contributed by atoms with Crippen molar-refractivity contribution in [3.05, 3.63) is 60.7 Å². The first-order chi connectivity index (χ1) is 11.1. The number of benzene rings is 1. The minimum absolute atomic E-state index is 0.333. The van der Waals surface area contributed by atoms with E-state index in [-0.39, 0.29) is 5.91 Å². The first-order valence-corrected chi connectivity index (χ1v) is 8.39. The van der Waals surface area contributed by atoms with Gasteiger partial charge in [0.15, 0.2) is 4.90 Å². The van der Waals surface area contributed by atoms with Crippen LogP contribution in [0.5, 0.6) is 0 Å². The summed E-state index contributed by atoms with van der Waals surface area (Å²) < 4.78 is 11.5. The van der Waals surface area contributed by atoms with E-state index in [0.717, 1.165) is 5.56 Å². The van der Waals surface area contributed by atoms with Gasteiger partial charge in [0, 0.05) is 11.6 Å². The highest BCUT2D eigenvalue weighted by Crippen LogP contribution is 2.17. The maximum Gasteiger partial charge on any atom is 0.273 e. The fourth-order valence-corrected chi connectivity index (χ4v) is 2.52. The molecule has 7 heteroatoms. The van der Waals surface area contributed by atoms with Gasteiger partial charge in [-0.3, -0.25) is 9.78 Å². The van der Waals surface area contributed by atoms with Gasteiger partial charge in [-0.05, 0) is 11.2 Å². The molecule has 1 atom stereocenters. The van der Waals surface area contributed by atoms with Gasteiger partial charge in [-0.25, -0.2) is 4.98 Å². The van der Waals surface area contributed by atoms with Crippen LogP contribution >= 0.6 is 0 Å². The molecule has 3 aromatic rings. The molecule has 0 fully saturated rings. The number of carbonyl (C=O) groups excluding carboxylic acids is 1. The molecule has 0 saturated heterocycles. The third-order valence-corrected chi connectivity index (χ3v) is 4.06. The van der Waals surface area contributed by atoms with Crippen molar-refractivity contribution < 1.29 is 9.35 Å². The summed E-state index contributed by atoms with van der Waals surface area (Å²) in [6.45, 7) is 0. The van der Waals surface area contributed by atoms with Crippen LogP contribution in [0.4, 0.5) is 5.69 Å². The molecule has 2 N–H and O–H groups in total. The first-order valence-electron chi connectivity index (χ1n) is 6.84. The van der Waals surface area contributed by atoms with Crippen LogP contribution in [0.25, 0.3) is 11.4 Å². The Balaban J connectivity index is 1.77. The van der Waals surface area contributed by atoms with Gasteiger partial charge in [-0.2, -0.15) is 0 Å². The van der Waals surface area contributed by atoms with Crippen LogP contribution in [0.1, 0.15) is 10.5 Å². The van der Waals surface area contributed by atoms with Crippen LogP contribution in [0, 0.1) is 0 Å². The molecule has 0 saturated carbocycles. The molecule has 2 heterocycles. The van der Waals surface area contributed by atoms with E-state index in [0.29, 0.717) is 22.1 Å². The summed E-state index contributed by atoms with van der Waals surface area (Å²) in [5.74, 6) is 0.290. The quantitative estimate of drug-likeness (QED) is 0.720. The van der Waals surface area contributed by atoms with Gasteiger partial charge in [0.25, 0.3) is 5.91 Å². The number of amides is 1. The highest BCUT2D eigenvalue weighted by molar-refractivity contribution is 7.90. The number of hydrogen-bond donors (Lipinski definition) is 2. The predicted octanol–water partition coefficient (Wildman–Crippen LogP) is 2.46. The van der Waals surface area contributed by atoms with Gasteiger partial charge in [0.1, 0.15) is 17.8 Å². The number of hydrogen-bond acceptors (Lipinski definition) is 4. The minimum Gasteiger partial charge on any atom is -0.612 e. The lowest BCUT2D eigenvalue weighted by molar-refractivity contribution is 0.102. The van der Waals surface area contributed by atoms with Crippen LogP contribution < -0.4 is 5.32 Å². The molecule has 1 amide bonds. The van der Waals surface area contributed by atoms with Crippen molar-refractivity contribution in [1.29, 1.82) is 0 Å². The Morgan fingerprint density at radius 3 is 2.74 bits per heavy atom. The second-order valence-corrected chi connectivity index (χ2v) is 6.21. The molecule has 1 aromatic carbocycles. The molecule has 0 aliphatic carbocycles. The predicted molar refractivity (Wildman–Crippen MR) is 88.5 cm³/mol. The highest BCUT2D eigenvalue weighted by atomic mass is 32.2. The molecule has 1 unspecified atom stereocenters. The molecule has 0 bridgehead atoms. The number of nitrogens with zero attached hydrogens (tertiary/aromatic N) is 2. The summed E-state index contributed by atoms with van der Waals surface area (Å²) >= 11 is -1.15. The molecule has 0 radical (unpaired) electrons. The van der Waals surface area contributed by atoms with Crippen molar-refractivity contribution in [3.63, 3.8) is 0 Å². The molecular formula is C16H14N4O2S. The van der Waals surface area contributed by atoms with E-state index >= 15 is 0 Å². The number of nitrogens with one attached hydrogen (secondary N) is 2. The maximum atomic E-state index is 12.3. The molecule has 23 heavy (non-hydrogen) atoms. The summed E-state index contributed by atoms with van der Waals surface area (Å²) in [5.41, 5.74) is 1.72. The zero-order valence-electron chi connectivity index (χ0n) is 12.3. The Bertz CT molecular complexity index is 818. The lowest BCUT2D eigenvalue weighted by atomic mass is 10.2. The van der Waals surface area contributed by atoms with Gasteiger partial charge in [-0.1, -0.05) is 30.3 Å². The minimum atomic E-state index is -1.15. The van der Waals surface area contributed by atoms with E-state index in [2.05, 4.69) is 20.3 Å². The molecule has 116 valence electrons. The number of pyridine rings is 1. The lowest BCUT2D eigenvalue weighted by Gasteiger charge is -2.06. The van der Waals surface area contributed by atoms with Crippen LogP contribution in [0.15, 0.2) is 59.9 Å². The van der Waals surface area contributed by atoms with E-state index in [9.17, 15) is 9.35 Å². The Kier molecular flexibility index (Phi) is 4.40. The topological polar surface area (TPSA) is 93.7 Å². The van der Waals surface area contributed by atoms with Crippen molar-refractivity contribution in [2.75, 3.05) is 11.6 Å². The number of anilines is 1. The Morgan fingerprint density at radius 2 is 2.00 bits per heavy atom. The summed E-state index contributed by atoms with van der Waals surface area (Å²) in [7, 11) is 0. The maximum absolute atomic E-state index is 12.3. The van der Waals surface area contributed by atoms with E-state index in [1.807, 2.05) is 30.3 Å². The van der Waals surface area contributed by atoms with Crippen molar-refractivity contribution >= 4 is 22.8 Å². The van der Waals surface area contributed by atoms with E-state index < -0.39 is 11.2 Å². The van der Waals surface area contributed by atoms with E-state index in [4.69, 9.17) is 0 Å². The second-order valence-electron chi connectivity index (χ2n) is 4.83. The molecule has 6 nitrogen and oxygen atoms in total. The highest BCUT2D eigenvalue weighted by Gasteiger charge is 2.12. The number of imidazole rings is 1. The number of H-pyrrole nitrogens is 1. The number of aromatic nitrogens is 3. The van der Waals surface area contributed by atoms with Crippen molar-refractivity contribution in [2.45, 2.75) is 4.90 Å². The summed E-state index contributed by atoms with van der Waals surface area (Å²) in [6, 6.07) is 11.2. The smallest absolute Gasteiger partial charge is 0.273 e. The van der Waals surface area contributed by atoms with Crippen molar-refractivity contribution in [2.24, 2.45) is 0 Å². The number of rotatable bonds is 4. The average molecular weight is 326 g/mol. The van der Waals surface area contributed by atoms with Crippen LogP contribution in [0.2, 0.25) is 0 Å². The molecule has 0 aliphatic heterocycles. The Hall–Kier alpha value is -2.64. The standard InChI is InChI=1S/C16H14N4O2S/c1-23(22)13-7-12(8-17-9-13)19-16(21)14-10-18-15(20-14)11-5-3-2-4-6-11/h2-10H,1H3,(H,18,20)(H,19,21). The van der Waals surface area contributed by atoms with Gasteiger partial charge in [0.2, 0.25) is 0 Å². The monoisotopic (exact) mass is 326 g/mol. The first kappa shape index (κ1) is 15.3. The van der Waals surface area contributed by atoms with Crippen molar-refractivity contribution in [3.8, 4) is 11.4 Å². The number of carbonyl (C=O) groups is 1. The van der Waals surface area contributed by atoms with Crippen LogP contribution in [-0.2, 0) is 11.2 Å². The fraction of sp³-hybridized carbons (Fsp3) is 0.0625. The summed E-state index contributed by atoms with van der Waals surface area (Å²) in [6.07, 6.45) is 6.05. The van der Waals surface area contributed by atoms with Gasteiger partial charge < -0.3 is 14.9 Å². The van der Waals surface area contributed by atoms with E-state index in [1.54, 1.807) is 12.3 Å². The zero-order valence-corrected chi connectivity index (χ0v) is 13.1. The van der Waals surface area contributed by atoms with Crippen molar-refractivity contribution in [1.82, 2.24) is 15.0 Å². The average Bonchev–Trinajstić information content (AvgIpc) is 3.06. The molecular weight excluding hydrogens is 312 g/mol. The lowest BCUT2D eigenvalue weighted by Crippen LogP contribution is -2.13. The second kappa shape index (κ2) is 6.64. The fourth-order valence-electron chi connectivity index (χ4n) is 2.02. The molecule has 2 aromatic heterocycles. The van der Waals surface area contributed by atoms with Gasteiger partial charge >= 0.3 is 0 Å². The Labute approximate surface area is 136 Å². The summed E-state index contributed by atoms with van der Waals surface area (Å²) in [4.78, 5) is 24.0. The third-order valence-electron chi connectivity index (χ3n) is 3.17. The SMILES string of the molecule is C[S+]([O-])c1cncc(NC(=O)c2cnc(-c3ccccc3)[nH]2)c1. The van der Waals surface area contributed by atoms with E-state index in [1.165, 1.54) is 18.6 Å². The Morgan fingerprint density at radius 1 is 1.22 bits per heavy atom. The number of aromatic amines is 1. The molecule has 0 aliphatic rings. The summed E-state index contributed by atoms with van der Waals surface area (Å²) in [5, 5.41) is 2.71. The van der Waals surface area contributed by atoms with Crippen LogP contribution in [-0.4, -0.2) is 31.7 Å². The largest absolute Gasteiger partial charge is 0.612 e.